The summed E-state index contributed by atoms with van der Waals surface area (Å²) in [6.45, 7) is 3.56. The molecule has 0 fully saturated rings. The molecular weight excluding hydrogens is 316 g/mol. The molecule has 7 nitrogen and oxygen atoms in total. The Bertz CT molecular complexity index is 721. The summed E-state index contributed by atoms with van der Waals surface area (Å²) < 4.78 is 5.05. The van der Waals surface area contributed by atoms with Crippen molar-refractivity contribution in [2.24, 2.45) is 5.73 Å². The quantitative estimate of drug-likeness (QED) is 0.502. The van der Waals surface area contributed by atoms with Gasteiger partial charge in [0.1, 0.15) is 5.82 Å². The molecule has 0 saturated carbocycles. The molecular formula is C18H24N6O. The Morgan fingerprint density at radius 3 is 2.80 bits per heavy atom. The lowest BCUT2D eigenvalue weighted by Crippen LogP contribution is -2.07. The molecule has 2 rings (SSSR count). The first-order valence-electron chi connectivity index (χ1n) is 8.33. The van der Waals surface area contributed by atoms with E-state index in [9.17, 15) is 0 Å². The second-order valence-corrected chi connectivity index (χ2v) is 5.29. The molecule has 0 atom stereocenters. The van der Waals surface area contributed by atoms with Crippen LogP contribution in [0.4, 0.5) is 17.5 Å². The van der Waals surface area contributed by atoms with Crippen LogP contribution >= 0.6 is 0 Å². The van der Waals surface area contributed by atoms with Crippen molar-refractivity contribution in [1.82, 2.24) is 15.0 Å². The molecule has 2 aromatic heterocycles. The van der Waals surface area contributed by atoms with Gasteiger partial charge in [-0.05, 0) is 25.5 Å². The number of anilines is 3. The highest BCUT2D eigenvalue weighted by Gasteiger charge is 2.06. The summed E-state index contributed by atoms with van der Waals surface area (Å²) in [6.07, 6.45) is 6.04. The molecule has 0 amide bonds. The molecule has 0 unspecified atom stereocenters. The van der Waals surface area contributed by atoms with E-state index < -0.39 is 0 Å². The predicted molar refractivity (Wildman–Crippen MR) is 100 cm³/mol. The molecule has 0 aliphatic carbocycles. The van der Waals surface area contributed by atoms with Gasteiger partial charge in [0.15, 0.2) is 0 Å². The van der Waals surface area contributed by atoms with E-state index >= 15 is 0 Å². The number of nitrogens with one attached hydrogen (secondary N) is 2. The zero-order valence-electron chi connectivity index (χ0n) is 14.7. The van der Waals surface area contributed by atoms with Crippen LogP contribution in [-0.4, -0.2) is 35.2 Å². The standard InChI is InChI=1S/C18H24N6O/c1-3-11-20-17-14(7-5-4-6-10-19)12-22-18(24-17)23-15-8-9-16(25-2)21-13-15/h8-9,12-13H,3-4,6,10-11,19H2,1-2H3,(H2,20,22,23,24). The second kappa shape index (κ2) is 10.1. The molecule has 0 bridgehead atoms. The molecule has 0 radical (unpaired) electrons. The Balaban J connectivity index is 2.16. The second-order valence-electron chi connectivity index (χ2n) is 5.29. The van der Waals surface area contributed by atoms with E-state index in [1.807, 2.05) is 6.07 Å². The van der Waals surface area contributed by atoms with Gasteiger partial charge in [-0.25, -0.2) is 9.97 Å². The summed E-state index contributed by atoms with van der Waals surface area (Å²) in [7, 11) is 1.58. The zero-order chi connectivity index (χ0) is 17.9. The molecule has 25 heavy (non-hydrogen) atoms. The molecule has 0 aliphatic heterocycles. The first-order valence-corrected chi connectivity index (χ1v) is 8.33. The van der Waals surface area contributed by atoms with E-state index in [4.69, 9.17) is 10.5 Å². The number of rotatable bonds is 8. The molecule has 132 valence electrons. The fourth-order valence-electron chi connectivity index (χ4n) is 1.96. The van der Waals surface area contributed by atoms with Gasteiger partial charge in [0, 0.05) is 19.0 Å². The Morgan fingerprint density at radius 1 is 1.24 bits per heavy atom. The van der Waals surface area contributed by atoms with Gasteiger partial charge >= 0.3 is 0 Å². The molecule has 4 N–H and O–H groups in total. The minimum Gasteiger partial charge on any atom is -0.481 e. The number of methoxy groups -OCH3 is 1. The van der Waals surface area contributed by atoms with Crippen LogP contribution in [0.3, 0.4) is 0 Å². The number of unbranched alkanes of at least 4 members (excludes halogenated alkanes) is 1. The van der Waals surface area contributed by atoms with E-state index in [1.54, 1.807) is 25.6 Å². The van der Waals surface area contributed by atoms with Crippen LogP contribution in [0.1, 0.15) is 31.7 Å². The maximum atomic E-state index is 5.49. The molecule has 0 saturated heterocycles. The normalized spacial score (nSPS) is 9.88. The van der Waals surface area contributed by atoms with Crippen LogP contribution < -0.4 is 21.1 Å². The minimum atomic E-state index is 0.484. The van der Waals surface area contributed by atoms with Gasteiger partial charge in [-0.1, -0.05) is 18.8 Å². The Labute approximate surface area is 148 Å². The molecule has 7 heteroatoms. The monoisotopic (exact) mass is 340 g/mol. The summed E-state index contributed by atoms with van der Waals surface area (Å²) in [5, 5.41) is 6.42. The lowest BCUT2D eigenvalue weighted by atomic mass is 10.2. The van der Waals surface area contributed by atoms with E-state index in [0.29, 0.717) is 18.4 Å². The van der Waals surface area contributed by atoms with Crippen LogP contribution in [0.15, 0.2) is 24.5 Å². The zero-order valence-corrected chi connectivity index (χ0v) is 14.7. The van der Waals surface area contributed by atoms with Crippen LogP contribution in [0.25, 0.3) is 0 Å². The minimum absolute atomic E-state index is 0.484. The number of nitrogens with two attached hydrogens (primary N) is 1. The van der Waals surface area contributed by atoms with Crippen LogP contribution in [0.5, 0.6) is 5.88 Å². The lowest BCUT2D eigenvalue weighted by molar-refractivity contribution is 0.398. The fourth-order valence-corrected chi connectivity index (χ4v) is 1.96. The average molecular weight is 340 g/mol. The maximum absolute atomic E-state index is 5.49. The van der Waals surface area contributed by atoms with Gasteiger partial charge in [0.25, 0.3) is 0 Å². The van der Waals surface area contributed by atoms with Crippen molar-refractivity contribution in [1.29, 1.82) is 0 Å². The van der Waals surface area contributed by atoms with Crippen molar-refractivity contribution in [2.45, 2.75) is 26.2 Å². The van der Waals surface area contributed by atoms with E-state index in [2.05, 4.69) is 44.4 Å². The fraction of sp³-hybridized carbons (Fsp3) is 0.389. The topological polar surface area (TPSA) is 98.0 Å². The number of aromatic nitrogens is 3. The van der Waals surface area contributed by atoms with Crippen molar-refractivity contribution >= 4 is 17.5 Å². The van der Waals surface area contributed by atoms with Gasteiger partial charge in [0.2, 0.25) is 11.8 Å². The van der Waals surface area contributed by atoms with E-state index in [1.165, 1.54) is 0 Å². The van der Waals surface area contributed by atoms with Crippen molar-refractivity contribution in [3.8, 4) is 17.7 Å². The Kier molecular flexibility index (Phi) is 7.47. The van der Waals surface area contributed by atoms with E-state index in [0.717, 1.165) is 42.9 Å². The SMILES string of the molecule is CCCNc1nc(Nc2ccc(OC)nc2)ncc1C#CCCCN. The highest BCUT2D eigenvalue weighted by Crippen LogP contribution is 2.18. The summed E-state index contributed by atoms with van der Waals surface area (Å²) in [5.74, 6) is 7.98. The molecule has 0 spiro atoms. The molecule has 0 aromatic carbocycles. The number of ether oxygens (including phenoxy) is 1. The largest absolute Gasteiger partial charge is 0.481 e. The number of nitrogens with zero attached hydrogens (tertiary/aromatic N) is 3. The highest BCUT2D eigenvalue weighted by atomic mass is 16.5. The van der Waals surface area contributed by atoms with Crippen molar-refractivity contribution in [2.75, 3.05) is 30.8 Å². The van der Waals surface area contributed by atoms with Crippen LogP contribution in [-0.2, 0) is 0 Å². The van der Waals surface area contributed by atoms with Gasteiger partial charge in [0.05, 0.1) is 30.8 Å². The first kappa shape index (κ1) is 18.5. The third-order valence-corrected chi connectivity index (χ3v) is 3.26. The van der Waals surface area contributed by atoms with Crippen LogP contribution in [0.2, 0.25) is 0 Å². The number of hydrogen-bond acceptors (Lipinski definition) is 7. The number of pyridine rings is 1. The smallest absolute Gasteiger partial charge is 0.229 e. The molecule has 2 heterocycles. The molecule has 0 aliphatic rings. The van der Waals surface area contributed by atoms with Crippen molar-refractivity contribution in [3.63, 3.8) is 0 Å². The third-order valence-electron chi connectivity index (χ3n) is 3.26. The van der Waals surface area contributed by atoms with E-state index in [-0.39, 0.29) is 0 Å². The highest BCUT2D eigenvalue weighted by molar-refractivity contribution is 5.59. The Morgan fingerprint density at radius 2 is 2.12 bits per heavy atom. The third kappa shape index (κ3) is 5.94. The molecule has 2 aromatic rings. The average Bonchev–Trinajstić information content (AvgIpc) is 2.65. The van der Waals surface area contributed by atoms with Crippen molar-refractivity contribution < 1.29 is 4.74 Å². The first-order chi connectivity index (χ1) is 12.3. The summed E-state index contributed by atoms with van der Waals surface area (Å²) in [5.41, 5.74) is 7.05. The van der Waals surface area contributed by atoms with Gasteiger partial charge in [-0.2, -0.15) is 4.98 Å². The van der Waals surface area contributed by atoms with Crippen molar-refractivity contribution in [3.05, 3.63) is 30.1 Å². The summed E-state index contributed by atoms with van der Waals surface area (Å²) >= 11 is 0. The lowest BCUT2D eigenvalue weighted by Gasteiger charge is -2.10. The predicted octanol–water partition coefficient (Wildman–Crippen LogP) is 2.54. The van der Waals surface area contributed by atoms with Crippen LogP contribution in [0, 0.1) is 11.8 Å². The maximum Gasteiger partial charge on any atom is 0.229 e. The summed E-state index contributed by atoms with van der Waals surface area (Å²) in [4.78, 5) is 13.0. The number of hydrogen-bond donors (Lipinski definition) is 3. The van der Waals surface area contributed by atoms with Gasteiger partial charge in [-0.3, -0.25) is 0 Å². The van der Waals surface area contributed by atoms with Gasteiger partial charge < -0.3 is 21.1 Å². The Hall–Kier alpha value is -2.85. The van der Waals surface area contributed by atoms with Gasteiger partial charge in [-0.15, -0.1) is 0 Å². The summed E-state index contributed by atoms with van der Waals surface area (Å²) in [6, 6.07) is 3.63.